The summed E-state index contributed by atoms with van der Waals surface area (Å²) in [5.74, 6) is -0.0985. The molecule has 1 atom stereocenters. The lowest BCUT2D eigenvalue weighted by Gasteiger charge is -2.11. The monoisotopic (exact) mass is 257 g/mol. The summed E-state index contributed by atoms with van der Waals surface area (Å²) < 4.78 is 23.5. The third kappa shape index (κ3) is 4.60. The number of methoxy groups -OCH3 is 2. The van der Waals surface area contributed by atoms with Crippen molar-refractivity contribution in [2.24, 2.45) is 0 Å². The van der Waals surface area contributed by atoms with Crippen molar-refractivity contribution in [3.05, 3.63) is 29.6 Å². The lowest BCUT2D eigenvalue weighted by atomic mass is 10.2. The van der Waals surface area contributed by atoms with Gasteiger partial charge in [-0.1, -0.05) is 12.1 Å². The van der Waals surface area contributed by atoms with E-state index in [0.717, 1.165) is 0 Å². The molecule has 0 aliphatic rings. The molecule has 0 radical (unpaired) electrons. The molecule has 0 heterocycles. The van der Waals surface area contributed by atoms with Gasteiger partial charge in [0.25, 0.3) is 0 Å². The quantitative estimate of drug-likeness (QED) is 0.690. The molecule has 1 rings (SSSR count). The molecule has 102 valence electrons. The average molecular weight is 257 g/mol. The Hall–Kier alpha value is -1.17. The van der Waals surface area contributed by atoms with Crippen molar-refractivity contribution in [2.45, 2.75) is 19.1 Å². The van der Waals surface area contributed by atoms with Crippen molar-refractivity contribution >= 4 is 0 Å². The van der Waals surface area contributed by atoms with Crippen LogP contribution in [0.4, 0.5) is 4.39 Å². The first-order valence-electron chi connectivity index (χ1n) is 5.88. The maximum atomic E-state index is 13.7. The van der Waals surface area contributed by atoms with Crippen molar-refractivity contribution in [1.82, 2.24) is 5.32 Å². The lowest BCUT2D eigenvalue weighted by Crippen LogP contribution is -2.23. The van der Waals surface area contributed by atoms with Crippen LogP contribution in [0, 0.1) is 5.82 Å². The molecular formula is C13H20FNO3. The van der Waals surface area contributed by atoms with E-state index in [9.17, 15) is 9.50 Å². The zero-order valence-corrected chi connectivity index (χ0v) is 10.8. The largest absolute Gasteiger partial charge is 0.494 e. The van der Waals surface area contributed by atoms with Gasteiger partial charge in [0.05, 0.1) is 19.8 Å². The molecule has 0 aromatic heterocycles. The molecule has 5 heteroatoms. The van der Waals surface area contributed by atoms with Gasteiger partial charge in [0.1, 0.15) is 0 Å². The third-order valence-electron chi connectivity index (χ3n) is 2.59. The molecule has 1 unspecified atom stereocenters. The first-order chi connectivity index (χ1) is 8.69. The van der Waals surface area contributed by atoms with E-state index in [-0.39, 0.29) is 11.6 Å². The van der Waals surface area contributed by atoms with E-state index in [1.54, 1.807) is 25.3 Å². The van der Waals surface area contributed by atoms with E-state index in [1.165, 1.54) is 7.11 Å². The summed E-state index contributed by atoms with van der Waals surface area (Å²) in [6.45, 7) is 1.32. The zero-order valence-electron chi connectivity index (χ0n) is 10.8. The van der Waals surface area contributed by atoms with Gasteiger partial charge in [0.2, 0.25) is 0 Å². The van der Waals surface area contributed by atoms with Crippen LogP contribution in [-0.2, 0) is 11.3 Å². The SMILES string of the molecule is COCC(O)CCNCc1cccc(OC)c1F. The summed E-state index contributed by atoms with van der Waals surface area (Å²) in [7, 11) is 2.99. The van der Waals surface area contributed by atoms with Crippen molar-refractivity contribution in [2.75, 3.05) is 27.4 Å². The Morgan fingerprint density at radius 1 is 1.39 bits per heavy atom. The molecule has 18 heavy (non-hydrogen) atoms. The summed E-state index contributed by atoms with van der Waals surface area (Å²) in [5, 5.41) is 12.5. The lowest BCUT2D eigenvalue weighted by molar-refractivity contribution is 0.0594. The minimum absolute atomic E-state index is 0.244. The molecule has 1 aromatic rings. The Morgan fingerprint density at radius 3 is 2.83 bits per heavy atom. The standard InChI is InChI=1S/C13H20FNO3/c1-17-9-11(16)6-7-15-8-10-4-3-5-12(18-2)13(10)14/h3-5,11,15-16H,6-9H2,1-2H3. The van der Waals surface area contributed by atoms with Crippen molar-refractivity contribution in [1.29, 1.82) is 0 Å². The normalized spacial score (nSPS) is 12.4. The Balaban J connectivity index is 2.35. The molecular weight excluding hydrogens is 237 g/mol. The first-order valence-corrected chi connectivity index (χ1v) is 5.88. The van der Waals surface area contributed by atoms with Crippen molar-refractivity contribution in [3.63, 3.8) is 0 Å². The number of halogens is 1. The maximum absolute atomic E-state index is 13.7. The smallest absolute Gasteiger partial charge is 0.169 e. The van der Waals surface area contributed by atoms with Crippen LogP contribution < -0.4 is 10.1 Å². The molecule has 0 saturated carbocycles. The maximum Gasteiger partial charge on any atom is 0.169 e. The van der Waals surface area contributed by atoms with Gasteiger partial charge in [-0.2, -0.15) is 0 Å². The Kier molecular flexibility index (Phi) is 6.64. The number of aliphatic hydroxyl groups is 1. The summed E-state index contributed by atoms with van der Waals surface area (Å²) in [6, 6.07) is 5.04. The molecule has 0 fully saturated rings. The van der Waals surface area contributed by atoms with Crippen LogP contribution in [0.15, 0.2) is 18.2 Å². The van der Waals surface area contributed by atoms with Crippen LogP contribution in [-0.4, -0.2) is 38.6 Å². The van der Waals surface area contributed by atoms with Gasteiger partial charge in [-0.15, -0.1) is 0 Å². The molecule has 1 aromatic carbocycles. The highest BCUT2D eigenvalue weighted by Crippen LogP contribution is 2.19. The second-order valence-electron chi connectivity index (χ2n) is 4.01. The molecule has 0 saturated heterocycles. The number of hydrogen-bond donors (Lipinski definition) is 2. The zero-order chi connectivity index (χ0) is 13.4. The van der Waals surface area contributed by atoms with Gasteiger partial charge in [-0.3, -0.25) is 0 Å². The minimum atomic E-state index is -0.488. The predicted octanol–water partition coefficient (Wildman–Crippen LogP) is 1.32. The second-order valence-corrected chi connectivity index (χ2v) is 4.01. The number of rotatable bonds is 8. The highest BCUT2D eigenvalue weighted by molar-refractivity contribution is 5.30. The van der Waals surface area contributed by atoms with E-state index in [0.29, 0.717) is 31.7 Å². The molecule has 2 N–H and O–H groups in total. The molecule has 0 amide bonds. The summed E-state index contributed by atoms with van der Waals surface area (Å²) in [5.41, 5.74) is 0.551. The first kappa shape index (κ1) is 14.9. The molecule has 0 aliphatic carbocycles. The van der Waals surface area contributed by atoms with Gasteiger partial charge in [-0.05, 0) is 19.0 Å². The van der Waals surface area contributed by atoms with Crippen molar-refractivity contribution < 1.29 is 19.0 Å². The fourth-order valence-electron chi connectivity index (χ4n) is 1.62. The molecule has 0 spiro atoms. The summed E-state index contributed by atoms with van der Waals surface area (Å²) in [6.07, 6.45) is 0.0806. The number of aliphatic hydroxyl groups excluding tert-OH is 1. The third-order valence-corrected chi connectivity index (χ3v) is 2.59. The summed E-state index contributed by atoms with van der Waals surface area (Å²) in [4.78, 5) is 0. The van der Waals surface area contributed by atoms with E-state index in [1.807, 2.05) is 0 Å². The Bertz CT molecular complexity index is 360. The van der Waals surface area contributed by atoms with E-state index < -0.39 is 6.10 Å². The van der Waals surface area contributed by atoms with Crippen LogP contribution in [0.5, 0.6) is 5.75 Å². The van der Waals surface area contributed by atoms with Crippen LogP contribution in [0.2, 0.25) is 0 Å². The highest BCUT2D eigenvalue weighted by Gasteiger charge is 2.08. The second kappa shape index (κ2) is 8.02. The minimum Gasteiger partial charge on any atom is -0.494 e. The van der Waals surface area contributed by atoms with Gasteiger partial charge >= 0.3 is 0 Å². The number of benzene rings is 1. The Labute approximate surface area is 107 Å². The van der Waals surface area contributed by atoms with E-state index >= 15 is 0 Å². The molecule has 0 bridgehead atoms. The number of hydrogen-bond acceptors (Lipinski definition) is 4. The van der Waals surface area contributed by atoms with E-state index in [4.69, 9.17) is 9.47 Å². The average Bonchev–Trinajstić information content (AvgIpc) is 2.36. The van der Waals surface area contributed by atoms with Gasteiger partial charge in [0.15, 0.2) is 11.6 Å². The van der Waals surface area contributed by atoms with Crippen LogP contribution in [0.25, 0.3) is 0 Å². The summed E-state index contributed by atoms with van der Waals surface area (Å²) >= 11 is 0. The van der Waals surface area contributed by atoms with Gasteiger partial charge in [-0.25, -0.2) is 4.39 Å². The number of ether oxygens (including phenoxy) is 2. The van der Waals surface area contributed by atoms with Gasteiger partial charge < -0.3 is 19.9 Å². The van der Waals surface area contributed by atoms with Crippen molar-refractivity contribution in [3.8, 4) is 5.75 Å². The fourth-order valence-corrected chi connectivity index (χ4v) is 1.62. The van der Waals surface area contributed by atoms with Crippen LogP contribution >= 0.6 is 0 Å². The highest BCUT2D eigenvalue weighted by atomic mass is 19.1. The van der Waals surface area contributed by atoms with E-state index in [2.05, 4.69) is 5.32 Å². The fraction of sp³-hybridized carbons (Fsp3) is 0.538. The molecule has 4 nitrogen and oxygen atoms in total. The topological polar surface area (TPSA) is 50.7 Å². The van der Waals surface area contributed by atoms with Crippen LogP contribution in [0.1, 0.15) is 12.0 Å². The van der Waals surface area contributed by atoms with Gasteiger partial charge in [0, 0.05) is 19.2 Å². The molecule has 0 aliphatic heterocycles. The van der Waals surface area contributed by atoms with Crippen LogP contribution in [0.3, 0.4) is 0 Å². The predicted molar refractivity (Wildman–Crippen MR) is 67.2 cm³/mol. The Morgan fingerprint density at radius 2 is 2.17 bits per heavy atom. The number of nitrogens with one attached hydrogen (secondary N) is 1.